The van der Waals surface area contributed by atoms with E-state index < -0.39 is 30.0 Å². The molecule has 0 fully saturated rings. The molecule has 0 aliphatic carbocycles. The third kappa shape index (κ3) is 23.2. The first-order valence-electron chi connectivity index (χ1n) is 24.5. The molecule has 8 rings (SSSR count). The zero-order chi connectivity index (χ0) is 57.5. The number of benzene rings is 8. The van der Waals surface area contributed by atoms with E-state index in [2.05, 4.69) is 157 Å². The highest BCUT2D eigenvalue weighted by Gasteiger charge is 2.37. The van der Waals surface area contributed by atoms with Crippen LogP contribution in [0.5, 0.6) is 0 Å². The van der Waals surface area contributed by atoms with Crippen LogP contribution in [0.25, 0.3) is 10.8 Å². The van der Waals surface area contributed by atoms with Crippen LogP contribution in [0.4, 0.5) is 0 Å². The molecule has 412 valence electrons. The Morgan fingerprint density at radius 2 is 0.447 bits per heavy atom. The second-order valence-electron chi connectivity index (χ2n) is 15.4. The Bertz CT molecular complexity index is 2500. The maximum atomic E-state index is 11.0. The zero-order valence-corrected chi connectivity index (χ0v) is 46.0. The SMILES string of the molecule is CCO.CCO.CCO.CCO.CCO.CCO.O=S(=O)([O-])c1cccc2c(S(=O)(=O)[O-])cccc12.[NH3+]C(c1ccccc1)(c1ccccc1)c1ccccc1.[NH3+]C(c1ccccc1)(c1ccccc1)c1ccccc1. The van der Waals surface area contributed by atoms with Crippen LogP contribution in [0, 0.1) is 0 Å². The third-order valence-electron chi connectivity index (χ3n) is 9.98. The number of aliphatic hydroxyl groups excluding tert-OH is 6. The van der Waals surface area contributed by atoms with E-state index in [4.69, 9.17) is 30.6 Å². The van der Waals surface area contributed by atoms with Gasteiger partial charge in [-0.25, -0.2) is 16.8 Å². The van der Waals surface area contributed by atoms with Crippen molar-refractivity contribution >= 4 is 31.0 Å². The second kappa shape index (κ2) is 39.0. The van der Waals surface area contributed by atoms with E-state index in [1.165, 1.54) is 57.6 Å². The number of fused-ring (bicyclic) bond motifs is 1. The fraction of sp³-hybridized carbons (Fsp3) is 0.233. The van der Waals surface area contributed by atoms with Crippen LogP contribution in [0.15, 0.2) is 228 Å². The maximum Gasteiger partial charge on any atom is 0.172 e. The summed E-state index contributed by atoms with van der Waals surface area (Å²) in [6.07, 6.45) is 0. The molecule has 8 aromatic carbocycles. The van der Waals surface area contributed by atoms with E-state index >= 15 is 0 Å². The number of hydrogen-bond donors (Lipinski definition) is 8. The van der Waals surface area contributed by atoms with Gasteiger partial charge in [-0.15, -0.1) is 0 Å². The van der Waals surface area contributed by atoms with Crippen molar-refractivity contribution in [2.24, 2.45) is 0 Å². The van der Waals surface area contributed by atoms with Crippen molar-refractivity contribution in [3.8, 4) is 0 Å². The first-order valence-corrected chi connectivity index (χ1v) is 27.3. The summed E-state index contributed by atoms with van der Waals surface area (Å²) in [5.74, 6) is 0. The van der Waals surface area contributed by atoms with E-state index in [0.29, 0.717) is 0 Å². The number of aliphatic hydroxyl groups is 6. The van der Waals surface area contributed by atoms with E-state index in [0.717, 1.165) is 12.1 Å². The van der Waals surface area contributed by atoms with Crippen molar-refractivity contribution in [1.82, 2.24) is 0 Å². The minimum absolute atomic E-state index is 0.0792. The molecule has 0 unspecified atom stereocenters. The van der Waals surface area contributed by atoms with E-state index in [-0.39, 0.29) is 61.5 Å². The van der Waals surface area contributed by atoms with Gasteiger partial charge >= 0.3 is 0 Å². The Morgan fingerprint density at radius 3 is 0.579 bits per heavy atom. The molecular weight excluding hydrogens is 1000 g/mol. The lowest BCUT2D eigenvalue weighted by atomic mass is 9.78. The van der Waals surface area contributed by atoms with Gasteiger partial charge in [0.25, 0.3) is 0 Å². The van der Waals surface area contributed by atoms with Gasteiger partial charge in [-0.1, -0.05) is 206 Å². The van der Waals surface area contributed by atoms with Gasteiger partial charge in [0.15, 0.2) is 11.1 Å². The van der Waals surface area contributed by atoms with Crippen LogP contribution in [-0.2, 0) is 31.3 Å². The molecule has 0 saturated heterocycles. The minimum Gasteiger partial charge on any atom is -0.744 e. The molecule has 76 heavy (non-hydrogen) atoms. The summed E-state index contributed by atoms with van der Waals surface area (Å²) in [5, 5.41) is 45.3. The first kappa shape index (κ1) is 69.5. The Kier molecular flexibility index (Phi) is 35.7. The molecule has 0 bridgehead atoms. The molecule has 8 aromatic rings. The lowest BCUT2D eigenvalue weighted by Gasteiger charge is -2.27. The second-order valence-corrected chi connectivity index (χ2v) is 18.1. The Morgan fingerprint density at radius 1 is 0.303 bits per heavy atom. The predicted octanol–water partition coefficient (Wildman–Crippen LogP) is 7.08. The summed E-state index contributed by atoms with van der Waals surface area (Å²) in [6, 6.07) is 69.9. The molecule has 0 heterocycles. The highest BCUT2D eigenvalue weighted by atomic mass is 32.2. The van der Waals surface area contributed by atoms with Gasteiger partial charge in [0.2, 0.25) is 0 Å². The predicted molar refractivity (Wildman–Crippen MR) is 301 cm³/mol. The lowest BCUT2D eigenvalue weighted by molar-refractivity contribution is -0.455. The third-order valence-corrected chi connectivity index (χ3v) is 11.8. The quantitative estimate of drug-likeness (QED) is 0.0560. The van der Waals surface area contributed by atoms with Gasteiger partial charge in [-0.3, -0.25) is 0 Å². The van der Waals surface area contributed by atoms with Gasteiger partial charge < -0.3 is 51.2 Å². The van der Waals surface area contributed by atoms with Crippen LogP contribution < -0.4 is 11.5 Å². The summed E-state index contributed by atoms with van der Waals surface area (Å²) in [5.41, 5.74) is 15.7. The van der Waals surface area contributed by atoms with Crippen LogP contribution in [0.1, 0.15) is 74.9 Å². The molecule has 16 heteroatoms. The van der Waals surface area contributed by atoms with Crippen LogP contribution in [-0.4, -0.2) is 96.2 Å². The summed E-state index contributed by atoms with van der Waals surface area (Å²) in [6.45, 7) is 11.6. The van der Waals surface area contributed by atoms with Crippen LogP contribution >= 0.6 is 0 Å². The van der Waals surface area contributed by atoms with Crippen molar-refractivity contribution < 1.29 is 68.0 Å². The summed E-state index contributed by atoms with van der Waals surface area (Å²) in [4.78, 5) is -1.10. The van der Waals surface area contributed by atoms with Gasteiger partial charge in [-0.2, -0.15) is 0 Å². The van der Waals surface area contributed by atoms with Gasteiger partial charge in [0.05, 0.1) is 9.79 Å². The molecule has 0 amide bonds. The molecule has 0 atom stereocenters. The van der Waals surface area contributed by atoms with E-state index in [1.807, 2.05) is 36.4 Å². The number of rotatable bonds is 8. The molecule has 0 saturated carbocycles. The largest absolute Gasteiger partial charge is 0.744 e. The molecule has 0 radical (unpaired) electrons. The standard InChI is InChI=1S/2C19H17N.C10H8O6S2.6C2H6O/c2*20-19(16-10-4-1-5-11-16,17-12-6-2-7-13-17)18-14-8-3-9-15-18;11-17(12,13)9-5-1-3-7-8(9)4-2-6-10(7)18(14,15)16;6*1-2-3/h2*1-15H,20H2;1-6H,(H,11,12,13)(H,14,15,16);6*3H,2H2,1H3. The smallest absolute Gasteiger partial charge is 0.172 e. The van der Waals surface area contributed by atoms with Crippen molar-refractivity contribution in [2.75, 3.05) is 39.6 Å². The van der Waals surface area contributed by atoms with Crippen molar-refractivity contribution in [3.63, 3.8) is 0 Å². The highest BCUT2D eigenvalue weighted by molar-refractivity contribution is 7.86. The Balaban J connectivity index is 0.000000958. The van der Waals surface area contributed by atoms with Crippen LogP contribution in [0.2, 0.25) is 0 Å². The van der Waals surface area contributed by atoms with E-state index in [9.17, 15) is 25.9 Å². The molecular formula is C60H78N2O12S2. The summed E-state index contributed by atoms with van der Waals surface area (Å²) < 4.78 is 66.1. The lowest BCUT2D eigenvalue weighted by Crippen LogP contribution is -2.71. The summed E-state index contributed by atoms with van der Waals surface area (Å²) in [7, 11) is -9.48. The fourth-order valence-corrected chi connectivity index (χ4v) is 8.41. The topological polar surface area (TPSA) is 291 Å². The highest BCUT2D eigenvalue weighted by Crippen LogP contribution is 2.33. The molecule has 14 nitrogen and oxygen atoms in total. The molecule has 0 aliphatic rings. The normalized spacial score (nSPS) is 10.4. The maximum absolute atomic E-state index is 11.0. The van der Waals surface area contributed by atoms with Gasteiger partial charge in [0.1, 0.15) is 20.2 Å². The Hall–Kier alpha value is -6.48. The van der Waals surface area contributed by atoms with Gasteiger partial charge in [0, 0.05) is 83.8 Å². The van der Waals surface area contributed by atoms with Crippen LogP contribution in [0.3, 0.4) is 0 Å². The van der Waals surface area contributed by atoms with Crippen molar-refractivity contribution in [3.05, 3.63) is 252 Å². The Labute approximate surface area is 450 Å². The summed E-state index contributed by atoms with van der Waals surface area (Å²) >= 11 is 0. The average molecular weight is 1080 g/mol. The zero-order valence-electron chi connectivity index (χ0n) is 44.4. The monoisotopic (exact) mass is 1080 g/mol. The molecule has 12 N–H and O–H groups in total. The molecule has 0 spiro atoms. The van der Waals surface area contributed by atoms with Crippen molar-refractivity contribution in [1.29, 1.82) is 0 Å². The fourth-order valence-electron chi connectivity index (χ4n) is 7.02. The molecule has 0 aliphatic heterocycles. The molecule has 0 aromatic heterocycles. The number of hydrogen-bond acceptors (Lipinski definition) is 12. The minimum atomic E-state index is -4.74. The van der Waals surface area contributed by atoms with Crippen molar-refractivity contribution in [2.45, 2.75) is 62.4 Å². The first-order chi connectivity index (χ1) is 36.3. The van der Waals surface area contributed by atoms with E-state index in [1.54, 1.807) is 41.5 Å². The average Bonchev–Trinajstić information content (AvgIpc) is 3.43. The number of quaternary nitrogens is 2. The van der Waals surface area contributed by atoms with Gasteiger partial charge in [-0.05, 0) is 53.7 Å².